The maximum absolute atomic E-state index is 12.5. The maximum atomic E-state index is 12.5. The lowest BCUT2D eigenvalue weighted by molar-refractivity contribution is 0.101. The Labute approximate surface area is 159 Å². The number of nitrogens with one attached hydrogen (secondary N) is 2. The molecule has 0 amide bonds. The zero-order chi connectivity index (χ0) is 20.5. The molecule has 0 aromatic heterocycles. The van der Waals surface area contributed by atoms with E-state index in [0.717, 1.165) is 0 Å². The predicted octanol–water partition coefficient (Wildman–Crippen LogP) is 2.77. The number of sulfonamides is 2. The average molecular weight is 411 g/mol. The van der Waals surface area contributed by atoms with Crippen LogP contribution in [0.25, 0.3) is 0 Å². The van der Waals surface area contributed by atoms with Crippen molar-refractivity contribution in [2.45, 2.75) is 43.0 Å². The first-order chi connectivity index (χ1) is 12.3. The van der Waals surface area contributed by atoms with E-state index >= 15 is 0 Å². The van der Waals surface area contributed by atoms with Crippen LogP contribution < -0.4 is 9.44 Å². The molecule has 0 heterocycles. The van der Waals surface area contributed by atoms with Crippen LogP contribution in [-0.2, 0) is 20.0 Å². The Morgan fingerprint density at radius 1 is 0.852 bits per heavy atom. The van der Waals surface area contributed by atoms with Gasteiger partial charge in [-0.15, -0.1) is 0 Å². The third-order valence-electron chi connectivity index (χ3n) is 3.41. The maximum Gasteiger partial charge on any atom is 0.261 e. The van der Waals surface area contributed by atoms with Crippen molar-refractivity contribution >= 4 is 31.5 Å². The number of hydrogen-bond acceptors (Lipinski definition) is 5. The fourth-order valence-electron chi connectivity index (χ4n) is 2.27. The summed E-state index contributed by atoms with van der Waals surface area (Å²) in [6.07, 6.45) is 0. The molecule has 0 spiro atoms. The van der Waals surface area contributed by atoms with E-state index in [1.807, 2.05) is 0 Å². The highest BCUT2D eigenvalue weighted by atomic mass is 32.2. The summed E-state index contributed by atoms with van der Waals surface area (Å²) in [4.78, 5) is 11.2. The molecule has 2 N–H and O–H groups in total. The fourth-order valence-corrected chi connectivity index (χ4v) is 4.79. The first kappa shape index (κ1) is 21.1. The molecule has 0 aliphatic carbocycles. The molecule has 0 bridgehead atoms. The summed E-state index contributed by atoms with van der Waals surface area (Å²) in [6, 6.07) is 11.0. The fraction of sp³-hybridized carbons (Fsp3) is 0.278. The van der Waals surface area contributed by atoms with Gasteiger partial charge in [0.1, 0.15) is 0 Å². The predicted molar refractivity (Wildman–Crippen MR) is 104 cm³/mol. The standard InChI is InChI=1S/C18H22N2O5S2/c1-13(21)14-8-10-16(11-9-14)26(22,23)19-15-6-5-7-17(12-15)27(24,25)20-18(2,3)4/h5-12,19-20H,1-4H3. The van der Waals surface area contributed by atoms with Gasteiger partial charge in [-0.1, -0.05) is 18.2 Å². The molecule has 0 saturated heterocycles. The molecule has 2 rings (SSSR count). The van der Waals surface area contributed by atoms with Crippen LogP contribution in [0.3, 0.4) is 0 Å². The van der Waals surface area contributed by atoms with Crippen molar-refractivity contribution in [2.75, 3.05) is 4.72 Å². The molecular weight excluding hydrogens is 388 g/mol. The van der Waals surface area contributed by atoms with E-state index in [-0.39, 0.29) is 21.3 Å². The topological polar surface area (TPSA) is 109 Å². The Balaban J connectivity index is 2.31. The van der Waals surface area contributed by atoms with Crippen LogP contribution in [0.4, 0.5) is 5.69 Å². The van der Waals surface area contributed by atoms with Gasteiger partial charge in [-0.25, -0.2) is 21.6 Å². The van der Waals surface area contributed by atoms with Gasteiger partial charge in [-0.2, -0.15) is 0 Å². The number of anilines is 1. The molecule has 0 unspecified atom stereocenters. The molecule has 0 saturated carbocycles. The Hall–Kier alpha value is -2.23. The normalized spacial score (nSPS) is 12.6. The van der Waals surface area contributed by atoms with Crippen LogP contribution in [0, 0.1) is 0 Å². The second-order valence-electron chi connectivity index (χ2n) is 7.07. The van der Waals surface area contributed by atoms with Gasteiger partial charge in [0.2, 0.25) is 10.0 Å². The largest absolute Gasteiger partial charge is 0.295 e. The summed E-state index contributed by atoms with van der Waals surface area (Å²) < 4.78 is 54.7. The molecule has 7 nitrogen and oxygen atoms in total. The Morgan fingerprint density at radius 3 is 1.96 bits per heavy atom. The van der Waals surface area contributed by atoms with E-state index < -0.39 is 25.6 Å². The Kier molecular flexibility index (Phi) is 5.79. The second-order valence-corrected chi connectivity index (χ2v) is 10.4. The monoisotopic (exact) mass is 410 g/mol. The van der Waals surface area contributed by atoms with E-state index in [1.54, 1.807) is 20.8 Å². The zero-order valence-corrected chi connectivity index (χ0v) is 17.1. The van der Waals surface area contributed by atoms with Gasteiger partial charge >= 0.3 is 0 Å². The first-order valence-electron chi connectivity index (χ1n) is 8.08. The van der Waals surface area contributed by atoms with E-state index in [1.165, 1.54) is 55.5 Å². The molecule has 0 atom stereocenters. The molecule has 2 aromatic carbocycles. The SMILES string of the molecule is CC(=O)c1ccc(S(=O)(=O)Nc2cccc(S(=O)(=O)NC(C)(C)C)c2)cc1. The van der Waals surface area contributed by atoms with Crippen molar-refractivity contribution in [1.82, 2.24) is 4.72 Å². The van der Waals surface area contributed by atoms with Crippen LogP contribution in [0.2, 0.25) is 0 Å². The minimum Gasteiger partial charge on any atom is -0.295 e. The molecule has 0 fully saturated rings. The summed E-state index contributed by atoms with van der Waals surface area (Å²) in [5.41, 5.74) is -0.162. The molecule has 2 aromatic rings. The molecule has 0 radical (unpaired) electrons. The van der Waals surface area contributed by atoms with Gasteiger partial charge in [-0.3, -0.25) is 9.52 Å². The van der Waals surface area contributed by atoms with E-state index in [2.05, 4.69) is 9.44 Å². The molecular formula is C18H22N2O5S2. The van der Waals surface area contributed by atoms with Gasteiger partial charge in [-0.05, 0) is 58.0 Å². The van der Waals surface area contributed by atoms with Crippen LogP contribution >= 0.6 is 0 Å². The summed E-state index contributed by atoms with van der Waals surface area (Å²) in [5, 5.41) is 0. The van der Waals surface area contributed by atoms with Gasteiger partial charge < -0.3 is 0 Å². The number of carbonyl (C=O) groups is 1. The first-order valence-corrected chi connectivity index (χ1v) is 11.0. The molecule has 146 valence electrons. The van der Waals surface area contributed by atoms with Crippen molar-refractivity contribution in [1.29, 1.82) is 0 Å². The van der Waals surface area contributed by atoms with E-state index in [9.17, 15) is 21.6 Å². The van der Waals surface area contributed by atoms with Crippen molar-refractivity contribution < 1.29 is 21.6 Å². The summed E-state index contributed by atoms with van der Waals surface area (Å²) in [7, 11) is -7.73. The van der Waals surface area contributed by atoms with E-state index in [4.69, 9.17) is 0 Å². The van der Waals surface area contributed by atoms with Gasteiger partial charge in [0, 0.05) is 11.1 Å². The van der Waals surface area contributed by atoms with Crippen molar-refractivity contribution in [3.8, 4) is 0 Å². The molecule has 9 heteroatoms. The highest BCUT2D eigenvalue weighted by Gasteiger charge is 2.23. The van der Waals surface area contributed by atoms with Crippen LogP contribution in [0.5, 0.6) is 0 Å². The summed E-state index contributed by atoms with van der Waals surface area (Å²) >= 11 is 0. The van der Waals surface area contributed by atoms with Crippen LogP contribution in [0.1, 0.15) is 38.1 Å². The number of carbonyl (C=O) groups excluding carboxylic acids is 1. The van der Waals surface area contributed by atoms with Crippen LogP contribution in [0.15, 0.2) is 58.3 Å². The Morgan fingerprint density at radius 2 is 1.44 bits per heavy atom. The minimum atomic E-state index is -3.93. The van der Waals surface area contributed by atoms with Crippen molar-refractivity contribution in [3.05, 3.63) is 54.1 Å². The highest BCUT2D eigenvalue weighted by Crippen LogP contribution is 2.21. The lowest BCUT2D eigenvalue weighted by atomic mass is 10.1. The average Bonchev–Trinajstić information content (AvgIpc) is 2.52. The quantitative estimate of drug-likeness (QED) is 0.712. The number of benzene rings is 2. The van der Waals surface area contributed by atoms with Gasteiger partial charge in [0.15, 0.2) is 5.78 Å². The minimum absolute atomic E-state index is 0.0337. The van der Waals surface area contributed by atoms with Gasteiger partial charge in [0.05, 0.1) is 15.5 Å². The van der Waals surface area contributed by atoms with E-state index in [0.29, 0.717) is 5.56 Å². The van der Waals surface area contributed by atoms with Crippen LogP contribution in [-0.4, -0.2) is 28.2 Å². The number of rotatable bonds is 6. The summed E-state index contributed by atoms with van der Waals surface area (Å²) in [5.74, 6) is -0.170. The molecule has 0 aliphatic heterocycles. The third-order valence-corrected chi connectivity index (χ3v) is 6.56. The Bertz CT molecular complexity index is 1050. The summed E-state index contributed by atoms with van der Waals surface area (Å²) in [6.45, 7) is 6.52. The molecule has 0 aliphatic rings. The zero-order valence-electron chi connectivity index (χ0n) is 15.5. The van der Waals surface area contributed by atoms with Gasteiger partial charge in [0.25, 0.3) is 10.0 Å². The lowest BCUT2D eigenvalue weighted by Gasteiger charge is -2.20. The lowest BCUT2D eigenvalue weighted by Crippen LogP contribution is -2.40. The highest BCUT2D eigenvalue weighted by molar-refractivity contribution is 7.92. The smallest absolute Gasteiger partial charge is 0.261 e. The molecule has 27 heavy (non-hydrogen) atoms. The number of ketones is 1. The van der Waals surface area contributed by atoms with Crippen molar-refractivity contribution in [2.24, 2.45) is 0 Å². The third kappa shape index (κ3) is 5.62. The second kappa shape index (κ2) is 7.41. The van der Waals surface area contributed by atoms with Crippen molar-refractivity contribution in [3.63, 3.8) is 0 Å². The number of hydrogen-bond donors (Lipinski definition) is 2. The number of Topliss-reactive ketones (excluding diaryl/α,β-unsaturated/α-hetero) is 1.